The largest absolute Gasteiger partial charge is 0.478 e. The number of rotatable bonds is 12. The van der Waals surface area contributed by atoms with E-state index in [0.717, 1.165) is 17.0 Å². The summed E-state index contributed by atoms with van der Waals surface area (Å²) >= 11 is 0. The molecule has 1 atom stereocenters. The van der Waals surface area contributed by atoms with Crippen molar-refractivity contribution < 1.29 is 24.3 Å². The number of hydrogen-bond donors (Lipinski definition) is 2. The third-order valence-corrected chi connectivity index (χ3v) is 7.37. The van der Waals surface area contributed by atoms with E-state index in [-0.39, 0.29) is 22.6 Å². The fraction of sp³-hybridized carbons (Fsp3) is 0.371. The van der Waals surface area contributed by atoms with Crippen molar-refractivity contribution in [1.82, 2.24) is 0 Å². The maximum absolute atomic E-state index is 13.1. The Morgan fingerprint density at radius 2 is 1.60 bits per heavy atom. The lowest BCUT2D eigenvalue weighted by Gasteiger charge is -2.20. The van der Waals surface area contributed by atoms with Crippen LogP contribution in [0.15, 0.2) is 60.7 Å². The molecule has 0 fully saturated rings. The number of carbonyl (C=O) groups excluding carboxylic acids is 3. The van der Waals surface area contributed by atoms with Crippen LogP contribution in [-0.2, 0) is 0 Å². The van der Waals surface area contributed by atoms with E-state index in [1.165, 1.54) is 68.7 Å². The van der Waals surface area contributed by atoms with Gasteiger partial charge in [-0.3, -0.25) is 14.4 Å². The molecule has 2 amide bonds. The number of carbonyl (C=O) groups is 4. The number of unbranched alkanes of at least 4 members (excludes halogenated alkanes) is 3. The molecule has 0 heterocycles. The summed E-state index contributed by atoms with van der Waals surface area (Å²) in [5.41, 5.74) is 3.20. The Kier molecular flexibility index (Phi) is 13.6. The smallest absolute Gasteiger partial charge is 0.335 e. The van der Waals surface area contributed by atoms with E-state index in [1.54, 1.807) is 37.3 Å². The Hall–Kier alpha value is -4.26. The molecule has 0 bridgehead atoms. The Bertz CT molecular complexity index is 1360. The Morgan fingerprint density at radius 3 is 2.19 bits per heavy atom. The summed E-state index contributed by atoms with van der Waals surface area (Å²) in [5.74, 6) is -1.14. The lowest BCUT2D eigenvalue weighted by atomic mass is 10.0. The second-order valence-electron chi connectivity index (χ2n) is 10.8. The van der Waals surface area contributed by atoms with Gasteiger partial charge in [-0.2, -0.15) is 0 Å². The van der Waals surface area contributed by atoms with Gasteiger partial charge in [0.2, 0.25) is 0 Å². The number of nitrogens with zero attached hydrogens (tertiary/aromatic N) is 1. The molecule has 3 rings (SSSR count). The summed E-state index contributed by atoms with van der Waals surface area (Å²) in [6.45, 7) is 10.6. The summed E-state index contributed by atoms with van der Waals surface area (Å²) in [5, 5.41) is 12.1. The summed E-state index contributed by atoms with van der Waals surface area (Å²) in [6.07, 6.45) is 8.98. The second kappa shape index (κ2) is 16.9. The molecular weight excluding hydrogens is 528 g/mol. The van der Waals surface area contributed by atoms with Crippen molar-refractivity contribution in [3.8, 4) is 0 Å². The molecule has 0 aromatic heterocycles. The average molecular weight is 573 g/mol. The summed E-state index contributed by atoms with van der Waals surface area (Å²) in [7, 11) is 1.50. The summed E-state index contributed by atoms with van der Waals surface area (Å²) in [6, 6.07) is 16.1. The highest BCUT2D eigenvalue weighted by atomic mass is 16.4. The van der Waals surface area contributed by atoms with Crippen LogP contribution in [0.4, 0.5) is 11.4 Å². The fourth-order valence-corrected chi connectivity index (χ4v) is 4.30. The van der Waals surface area contributed by atoms with Crippen molar-refractivity contribution in [3.05, 3.63) is 94.0 Å². The van der Waals surface area contributed by atoms with Crippen LogP contribution in [0.5, 0.6) is 0 Å². The van der Waals surface area contributed by atoms with Crippen molar-refractivity contribution in [3.63, 3.8) is 0 Å². The quantitative estimate of drug-likeness (QED) is 0.168. The highest BCUT2D eigenvalue weighted by Crippen LogP contribution is 2.23. The van der Waals surface area contributed by atoms with Gasteiger partial charge in [-0.25, -0.2) is 4.79 Å². The predicted molar refractivity (Wildman–Crippen MR) is 170 cm³/mol. The van der Waals surface area contributed by atoms with Gasteiger partial charge in [-0.05, 0) is 61.7 Å². The minimum absolute atomic E-state index is 0.0337. The number of aryl methyl sites for hydroxylation is 2. The van der Waals surface area contributed by atoms with Crippen molar-refractivity contribution in [1.29, 1.82) is 0 Å². The molecule has 0 spiro atoms. The molecule has 42 heavy (non-hydrogen) atoms. The predicted octanol–water partition coefficient (Wildman–Crippen LogP) is 8.35. The highest BCUT2D eigenvalue weighted by molar-refractivity contribution is 6.12. The zero-order valence-corrected chi connectivity index (χ0v) is 25.7. The number of aromatic carboxylic acids is 1. The van der Waals surface area contributed by atoms with Crippen molar-refractivity contribution in [2.45, 2.75) is 73.1 Å². The van der Waals surface area contributed by atoms with E-state index in [2.05, 4.69) is 26.1 Å². The highest BCUT2D eigenvalue weighted by Gasteiger charge is 2.21. The van der Waals surface area contributed by atoms with Gasteiger partial charge < -0.3 is 15.3 Å². The monoisotopic (exact) mass is 572 g/mol. The van der Waals surface area contributed by atoms with Gasteiger partial charge in [0.25, 0.3) is 11.8 Å². The number of hydrogen-bond acceptors (Lipinski definition) is 4. The van der Waals surface area contributed by atoms with E-state index in [4.69, 9.17) is 0 Å². The first-order valence-corrected chi connectivity index (χ1v) is 14.6. The molecule has 3 aromatic rings. The van der Waals surface area contributed by atoms with E-state index in [0.29, 0.717) is 23.2 Å². The van der Waals surface area contributed by atoms with E-state index in [1.807, 2.05) is 19.1 Å². The van der Waals surface area contributed by atoms with Crippen LogP contribution < -0.4 is 10.2 Å². The van der Waals surface area contributed by atoms with Crippen molar-refractivity contribution in [2.75, 3.05) is 17.3 Å². The van der Waals surface area contributed by atoms with Crippen LogP contribution in [0, 0.1) is 19.8 Å². The Balaban J connectivity index is 0.000000528. The maximum atomic E-state index is 13.1. The molecular formula is C35H44N2O5. The van der Waals surface area contributed by atoms with Crippen LogP contribution in [-0.4, -0.2) is 36.2 Å². The number of aldehydes is 1. The summed E-state index contributed by atoms with van der Waals surface area (Å²) < 4.78 is 0. The molecule has 0 aliphatic carbocycles. The van der Waals surface area contributed by atoms with Gasteiger partial charge >= 0.3 is 5.97 Å². The lowest BCUT2D eigenvalue weighted by molar-refractivity contribution is 0.0696. The Labute approximate surface area is 250 Å². The molecule has 0 aliphatic rings. The third kappa shape index (κ3) is 9.98. The van der Waals surface area contributed by atoms with Crippen LogP contribution in [0.25, 0.3) is 0 Å². The van der Waals surface area contributed by atoms with Gasteiger partial charge in [0.15, 0.2) is 6.29 Å². The van der Waals surface area contributed by atoms with Gasteiger partial charge in [0, 0.05) is 29.5 Å². The average Bonchev–Trinajstić information content (AvgIpc) is 2.99. The normalized spacial score (nSPS) is 11.1. The van der Waals surface area contributed by atoms with Gasteiger partial charge in [-0.15, -0.1) is 0 Å². The van der Waals surface area contributed by atoms with Gasteiger partial charge in [0.1, 0.15) is 0 Å². The third-order valence-electron chi connectivity index (χ3n) is 7.37. The molecule has 7 nitrogen and oxygen atoms in total. The molecule has 2 N–H and O–H groups in total. The van der Waals surface area contributed by atoms with Crippen LogP contribution in [0.1, 0.15) is 112 Å². The number of anilines is 2. The zero-order chi connectivity index (χ0) is 31.2. The van der Waals surface area contributed by atoms with Crippen LogP contribution in [0.3, 0.4) is 0 Å². The first-order valence-electron chi connectivity index (χ1n) is 14.6. The minimum Gasteiger partial charge on any atom is -0.478 e. The SMILES string of the molecule is CCCCCCC(C)CC.Cc1ccc(NC(=O)c2cc(N(C)C(=O)c3cc(C(=O)O)ccc3C=O)ccc2C)cc1. The number of carboxylic acid groups (broad SMARTS) is 1. The van der Waals surface area contributed by atoms with E-state index >= 15 is 0 Å². The van der Waals surface area contributed by atoms with Crippen molar-refractivity contribution >= 4 is 35.4 Å². The van der Waals surface area contributed by atoms with Gasteiger partial charge in [-0.1, -0.05) is 89.1 Å². The van der Waals surface area contributed by atoms with Gasteiger partial charge in [0.05, 0.1) is 11.1 Å². The van der Waals surface area contributed by atoms with E-state index < -0.39 is 11.9 Å². The van der Waals surface area contributed by atoms with Crippen molar-refractivity contribution in [2.24, 2.45) is 5.92 Å². The molecule has 0 radical (unpaired) electrons. The molecule has 0 saturated carbocycles. The van der Waals surface area contributed by atoms with Crippen LogP contribution >= 0.6 is 0 Å². The number of nitrogens with one attached hydrogen (secondary N) is 1. The maximum Gasteiger partial charge on any atom is 0.335 e. The first-order chi connectivity index (χ1) is 20.0. The van der Waals surface area contributed by atoms with E-state index in [9.17, 15) is 24.3 Å². The lowest BCUT2D eigenvalue weighted by Crippen LogP contribution is -2.28. The van der Waals surface area contributed by atoms with Crippen LogP contribution in [0.2, 0.25) is 0 Å². The Morgan fingerprint density at radius 1 is 0.905 bits per heavy atom. The minimum atomic E-state index is -1.20. The number of benzene rings is 3. The standard InChI is InChI=1S/C25H22N2O5.C10H22/c1-15-4-9-19(10-5-15)26-23(29)21-13-20(11-6-16(21)2)27(3)24(30)22-12-17(25(31)32)7-8-18(22)14-28;1-4-6-7-8-9-10(3)5-2/h4-14H,1-3H3,(H,26,29)(H,31,32);10H,4-9H2,1-3H3. The first kappa shape index (κ1) is 33.9. The molecule has 0 aliphatic heterocycles. The second-order valence-corrected chi connectivity index (χ2v) is 10.8. The molecule has 7 heteroatoms. The molecule has 0 saturated heterocycles. The number of amides is 2. The topological polar surface area (TPSA) is 104 Å². The fourth-order valence-electron chi connectivity index (χ4n) is 4.30. The number of carboxylic acids is 1. The summed E-state index contributed by atoms with van der Waals surface area (Å²) in [4.78, 5) is 49.8. The zero-order valence-electron chi connectivity index (χ0n) is 25.7. The molecule has 3 aromatic carbocycles. The molecule has 1 unspecified atom stereocenters. The molecule has 224 valence electrons.